The van der Waals surface area contributed by atoms with Crippen LogP contribution in [0.3, 0.4) is 0 Å². The van der Waals surface area contributed by atoms with Gasteiger partial charge in [0.15, 0.2) is 0 Å². The van der Waals surface area contributed by atoms with Crippen molar-refractivity contribution in [2.24, 2.45) is 5.92 Å². The Morgan fingerprint density at radius 2 is 2.00 bits per heavy atom. The third kappa shape index (κ3) is 3.55. The maximum absolute atomic E-state index is 6.24. The topological polar surface area (TPSA) is 30.5 Å². The van der Waals surface area contributed by atoms with Crippen LogP contribution in [0.5, 0.6) is 0 Å². The third-order valence-corrected chi connectivity index (χ3v) is 5.47. The number of likely N-dealkylation sites (N-methyl/N-ethyl adjacent to an activating group) is 1. The maximum atomic E-state index is 6.24. The molecule has 0 bridgehead atoms. The van der Waals surface area contributed by atoms with Crippen molar-refractivity contribution in [1.82, 2.24) is 5.32 Å². The lowest BCUT2D eigenvalue weighted by Crippen LogP contribution is -2.56. The van der Waals surface area contributed by atoms with Gasteiger partial charge >= 0.3 is 0 Å². The summed E-state index contributed by atoms with van der Waals surface area (Å²) in [6.45, 7) is 8.54. The van der Waals surface area contributed by atoms with E-state index in [1.807, 2.05) is 7.11 Å². The Balaban J connectivity index is 2.08. The highest BCUT2D eigenvalue weighted by atomic mass is 16.5. The average Bonchev–Trinajstić information content (AvgIpc) is 2.45. The second-order valence-corrected chi connectivity index (χ2v) is 7.19. The molecule has 2 atom stereocenters. The SMILES string of the molecule is CCNC(C1CCOC2(CCCCC2)C1)C(C)(C)OC. The van der Waals surface area contributed by atoms with Crippen LogP contribution in [0.1, 0.15) is 65.7 Å². The van der Waals surface area contributed by atoms with Crippen molar-refractivity contribution in [3.05, 3.63) is 0 Å². The predicted octanol–water partition coefficient (Wildman–Crippen LogP) is 3.52. The van der Waals surface area contributed by atoms with Gasteiger partial charge in [-0.05, 0) is 52.0 Å². The van der Waals surface area contributed by atoms with Crippen LogP contribution in [-0.2, 0) is 9.47 Å². The van der Waals surface area contributed by atoms with Crippen molar-refractivity contribution in [3.8, 4) is 0 Å². The third-order valence-electron chi connectivity index (χ3n) is 5.47. The Morgan fingerprint density at radius 3 is 2.60 bits per heavy atom. The minimum absolute atomic E-state index is 0.117. The lowest BCUT2D eigenvalue weighted by molar-refractivity contribution is -0.135. The Morgan fingerprint density at radius 1 is 1.30 bits per heavy atom. The number of hydrogen-bond donors (Lipinski definition) is 1. The summed E-state index contributed by atoms with van der Waals surface area (Å²) in [6.07, 6.45) is 8.95. The Bertz CT molecular complexity index is 292. The van der Waals surface area contributed by atoms with E-state index in [1.165, 1.54) is 38.5 Å². The van der Waals surface area contributed by atoms with Crippen LogP contribution in [0.4, 0.5) is 0 Å². The summed E-state index contributed by atoms with van der Waals surface area (Å²) in [6, 6.07) is 0.417. The summed E-state index contributed by atoms with van der Waals surface area (Å²) in [5.74, 6) is 0.664. The molecule has 1 heterocycles. The zero-order valence-electron chi connectivity index (χ0n) is 13.8. The molecule has 0 amide bonds. The normalized spacial score (nSPS) is 28.5. The van der Waals surface area contributed by atoms with E-state index in [9.17, 15) is 0 Å². The summed E-state index contributed by atoms with van der Waals surface area (Å²) in [5, 5.41) is 3.68. The van der Waals surface area contributed by atoms with Crippen molar-refractivity contribution < 1.29 is 9.47 Å². The molecule has 0 aromatic heterocycles. The number of methoxy groups -OCH3 is 1. The van der Waals surface area contributed by atoms with Crippen LogP contribution >= 0.6 is 0 Å². The molecule has 1 spiro atoms. The predicted molar refractivity (Wildman–Crippen MR) is 83.0 cm³/mol. The molecule has 20 heavy (non-hydrogen) atoms. The highest BCUT2D eigenvalue weighted by Gasteiger charge is 2.44. The minimum atomic E-state index is -0.117. The van der Waals surface area contributed by atoms with Crippen LogP contribution in [0.25, 0.3) is 0 Å². The van der Waals surface area contributed by atoms with Gasteiger partial charge in [0, 0.05) is 19.8 Å². The van der Waals surface area contributed by atoms with Gasteiger partial charge in [0.05, 0.1) is 11.2 Å². The van der Waals surface area contributed by atoms with Crippen LogP contribution in [0.2, 0.25) is 0 Å². The summed E-state index contributed by atoms with van der Waals surface area (Å²) in [4.78, 5) is 0. The number of hydrogen-bond acceptors (Lipinski definition) is 3. The second kappa shape index (κ2) is 6.76. The van der Waals surface area contributed by atoms with Crippen molar-refractivity contribution in [2.45, 2.75) is 83.0 Å². The van der Waals surface area contributed by atoms with Gasteiger partial charge in [0.2, 0.25) is 0 Å². The molecule has 1 aliphatic carbocycles. The molecule has 1 saturated carbocycles. The first kappa shape index (κ1) is 16.3. The molecule has 1 N–H and O–H groups in total. The molecular formula is C17H33NO2. The van der Waals surface area contributed by atoms with E-state index in [4.69, 9.17) is 9.47 Å². The standard InChI is InChI=1S/C17H33NO2/c1-5-18-15(16(2,3)19-4)14-9-12-20-17(13-14)10-7-6-8-11-17/h14-15,18H,5-13H2,1-4H3. The average molecular weight is 283 g/mol. The van der Waals surface area contributed by atoms with Gasteiger partial charge in [-0.25, -0.2) is 0 Å². The first-order chi connectivity index (χ1) is 9.53. The van der Waals surface area contributed by atoms with E-state index in [0.717, 1.165) is 19.6 Å². The van der Waals surface area contributed by atoms with Gasteiger partial charge in [0.1, 0.15) is 0 Å². The van der Waals surface area contributed by atoms with E-state index in [0.29, 0.717) is 12.0 Å². The quantitative estimate of drug-likeness (QED) is 0.837. The molecule has 0 radical (unpaired) electrons. The molecule has 1 saturated heterocycles. The Kier molecular flexibility index (Phi) is 5.49. The fourth-order valence-electron chi connectivity index (χ4n) is 4.22. The fourth-order valence-corrected chi connectivity index (χ4v) is 4.22. The number of ether oxygens (including phenoxy) is 2. The molecule has 0 aromatic carbocycles. The fraction of sp³-hybridized carbons (Fsp3) is 1.00. The van der Waals surface area contributed by atoms with E-state index in [1.54, 1.807) is 0 Å². The van der Waals surface area contributed by atoms with Crippen LogP contribution in [-0.4, -0.2) is 37.5 Å². The molecular weight excluding hydrogens is 250 g/mol. The molecule has 3 nitrogen and oxygen atoms in total. The van der Waals surface area contributed by atoms with Gasteiger partial charge in [-0.3, -0.25) is 0 Å². The van der Waals surface area contributed by atoms with E-state index in [2.05, 4.69) is 26.1 Å². The van der Waals surface area contributed by atoms with Gasteiger partial charge in [-0.15, -0.1) is 0 Å². The zero-order chi connectivity index (χ0) is 14.6. The van der Waals surface area contributed by atoms with Crippen molar-refractivity contribution in [1.29, 1.82) is 0 Å². The molecule has 2 fully saturated rings. The molecule has 2 unspecified atom stereocenters. The van der Waals surface area contributed by atoms with Crippen LogP contribution in [0.15, 0.2) is 0 Å². The van der Waals surface area contributed by atoms with Crippen molar-refractivity contribution >= 4 is 0 Å². The molecule has 0 aromatic rings. The monoisotopic (exact) mass is 283 g/mol. The first-order valence-electron chi connectivity index (χ1n) is 8.45. The minimum Gasteiger partial charge on any atom is -0.377 e. The van der Waals surface area contributed by atoms with Crippen LogP contribution < -0.4 is 5.32 Å². The van der Waals surface area contributed by atoms with Gasteiger partial charge < -0.3 is 14.8 Å². The smallest absolute Gasteiger partial charge is 0.0777 e. The van der Waals surface area contributed by atoms with Gasteiger partial charge in [0.25, 0.3) is 0 Å². The second-order valence-electron chi connectivity index (χ2n) is 7.19. The molecule has 2 aliphatic rings. The van der Waals surface area contributed by atoms with Crippen molar-refractivity contribution in [3.63, 3.8) is 0 Å². The number of rotatable bonds is 5. The lowest BCUT2D eigenvalue weighted by atomic mass is 9.71. The molecule has 2 rings (SSSR count). The first-order valence-corrected chi connectivity index (χ1v) is 8.45. The van der Waals surface area contributed by atoms with E-state index < -0.39 is 0 Å². The highest BCUT2D eigenvalue weighted by molar-refractivity contribution is 4.98. The largest absolute Gasteiger partial charge is 0.377 e. The summed E-state index contributed by atoms with van der Waals surface area (Å²) < 4.78 is 12.0. The molecule has 118 valence electrons. The van der Waals surface area contributed by atoms with E-state index >= 15 is 0 Å². The van der Waals surface area contributed by atoms with E-state index in [-0.39, 0.29) is 11.2 Å². The lowest BCUT2D eigenvalue weighted by Gasteiger charge is -2.48. The summed E-state index contributed by atoms with van der Waals surface area (Å²) in [7, 11) is 1.83. The highest BCUT2D eigenvalue weighted by Crippen LogP contribution is 2.43. The Hall–Kier alpha value is -0.120. The maximum Gasteiger partial charge on any atom is 0.0777 e. The summed E-state index contributed by atoms with van der Waals surface area (Å²) >= 11 is 0. The molecule has 1 aliphatic heterocycles. The Labute approximate surface area is 124 Å². The van der Waals surface area contributed by atoms with Gasteiger partial charge in [-0.2, -0.15) is 0 Å². The summed E-state index contributed by atoms with van der Waals surface area (Å²) in [5.41, 5.74) is 0.0620. The molecule has 3 heteroatoms. The number of nitrogens with one attached hydrogen (secondary N) is 1. The van der Waals surface area contributed by atoms with Crippen molar-refractivity contribution in [2.75, 3.05) is 20.3 Å². The van der Waals surface area contributed by atoms with Gasteiger partial charge in [-0.1, -0.05) is 26.2 Å². The zero-order valence-corrected chi connectivity index (χ0v) is 13.8. The van der Waals surface area contributed by atoms with Crippen LogP contribution in [0, 0.1) is 5.92 Å².